The summed E-state index contributed by atoms with van der Waals surface area (Å²) in [5, 5.41) is 5.65. The molecule has 0 aliphatic carbocycles. The fourth-order valence-corrected chi connectivity index (χ4v) is 3.17. The van der Waals surface area contributed by atoms with Crippen molar-refractivity contribution in [1.82, 2.24) is 5.32 Å². The molecule has 1 N–H and O–H groups in total. The van der Waals surface area contributed by atoms with Crippen LogP contribution in [-0.4, -0.2) is 12.6 Å². The van der Waals surface area contributed by atoms with E-state index in [0.717, 1.165) is 6.54 Å². The normalized spacial score (nSPS) is 14.1. The van der Waals surface area contributed by atoms with Crippen molar-refractivity contribution in [3.63, 3.8) is 0 Å². The van der Waals surface area contributed by atoms with Gasteiger partial charge in [-0.25, -0.2) is 0 Å². The van der Waals surface area contributed by atoms with Gasteiger partial charge in [0, 0.05) is 10.9 Å². The highest BCUT2D eigenvalue weighted by atomic mass is 32.1. The molecule has 2 heteroatoms. The summed E-state index contributed by atoms with van der Waals surface area (Å²) in [6, 6.07) is 5.00. The molecule has 0 amide bonds. The van der Waals surface area contributed by atoms with Gasteiger partial charge in [-0.1, -0.05) is 26.8 Å². The van der Waals surface area contributed by atoms with Gasteiger partial charge < -0.3 is 5.32 Å². The van der Waals surface area contributed by atoms with Crippen molar-refractivity contribution in [1.29, 1.82) is 0 Å². The van der Waals surface area contributed by atoms with Crippen LogP contribution in [0.25, 0.3) is 0 Å². The Morgan fingerprint density at radius 3 is 2.73 bits per heavy atom. The van der Waals surface area contributed by atoms with Gasteiger partial charge in [-0.15, -0.1) is 11.3 Å². The van der Waals surface area contributed by atoms with Crippen molar-refractivity contribution in [2.45, 2.75) is 46.6 Å². The van der Waals surface area contributed by atoms with Gasteiger partial charge in [0.05, 0.1) is 0 Å². The minimum Gasteiger partial charge on any atom is -0.315 e. The number of nitrogens with one attached hydrogen (secondary N) is 1. The molecule has 0 bridgehead atoms. The molecule has 1 atom stereocenters. The van der Waals surface area contributed by atoms with Crippen molar-refractivity contribution in [3.05, 3.63) is 22.4 Å². The van der Waals surface area contributed by atoms with Crippen molar-refractivity contribution >= 4 is 11.3 Å². The van der Waals surface area contributed by atoms with Crippen LogP contribution in [0.3, 0.4) is 0 Å². The number of hydrogen-bond acceptors (Lipinski definition) is 2. The molecule has 0 spiro atoms. The summed E-state index contributed by atoms with van der Waals surface area (Å²) in [5.74, 6) is 0. The first kappa shape index (κ1) is 12.7. The summed E-state index contributed by atoms with van der Waals surface area (Å²) in [7, 11) is 0. The summed E-state index contributed by atoms with van der Waals surface area (Å²) in [6.07, 6.45) is 2.43. The number of thiophene rings is 1. The molecule has 0 aliphatic rings. The molecule has 86 valence electrons. The fourth-order valence-electron chi connectivity index (χ4n) is 2.21. The molecule has 1 aromatic heterocycles. The molecule has 1 rings (SSSR count). The molecule has 0 saturated heterocycles. The maximum Gasteiger partial charge on any atom is 0.00505 e. The molecule has 15 heavy (non-hydrogen) atoms. The third-order valence-electron chi connectivity index (χ3n) is 2.64. The summed E-state index contributed by atoms with van der Waals surface area (Å²) in [5.41, 5.74) is 0.395. The SMILES string of the molecule is CCNC(C)CC(C)(C)Cc1cccs1. The maximum atomic E-state index is 3.48. The largest absolute Gasteiger partial charge is 0.315 e. The van der Waals surface area contributed by atoms with E-state index in [2.05, 4.69) is 50.5 Å². The predicted molar refractivity (Wildman–Crippen MR) is 69.6 cm³/mol. The Bertz CT molecular complexity index is 264. The van der Waals surface area contributed by atoms with E-state index >= 15 is 0 Å². The van der Waals surface area contributed by atoms with Gasteiger partial charge in [-0.2, -0.15) is 0 Å². The van der Waals surface area contributed by atoms with Crippen LogP contribution in [0.2, 0.25) is 0 Å². The summed E-state index contributed by atoms with van der Waals surface area (Å²) < 4.78 is 0. The van der Waals surface area contributed by atoms with Crippen LogP contribution >= 0.6 is 11.3 Å². The van der Waals surface area contributed by atoms with Crippen molar-refractivity contribution < 1.29 is 0 Å². The quantitative estimate of drug-likeness (QED) is 0.778. The molecular formula is C13H23NS. The zero-order chi connectivity index (χ0) is 11.3. The zero-order valence-electron chi connectivity index (χ0n) is 10.3. The van der Waals surface area contributed by atoms with E-state index in [1.807, 2.05) is 11.3 Å². The first-order valence-corrected chi connectivity index (χ1v) is 6.67. The minimum absolute atomic E-state index is 0.395. The standard InChI is InChI=1S/C13H23NS/c1-5-14-11(2)9-13(3,4)10-12-7-6-8-15-12/h6-8,11,14H,5,9-10H2,1-4H3. The second kappa shape index (κ2) is 5.66. The van der Waals surface area contributed by atoms with Gasteiger partial charge >= 0.3 is 0 Å². The van der Waals surface area contributed by atoms with Crippen LogP contribution in [0.4, 0.5) is 0 Å². The number of rotatable bonds is 6. The van der Waals surface area contributed by atoms with E-state index in [1.54, 1.807) is 0 Å². The van der Waals surface area contributed by atoms with Crippen LogP contribution in [0.5, 0.6) is 0 Å². The summed E-state index contributed by atoms with van der Waals surface area (Å²) >= 11 is 1.87. The van der Waals surface area contributed by atoms with Crippen LogP contribution in [0, 0.1) is 5.41 Å². The first-order valence-electron chi connectivity index (χ1n) is 5.79. The van der Waals surface area contributed by atoms with Crippen molar-refractivity contribution in [2.75, 3.05) is 6.54 Å². The molecule has 0 radical (unpaired) electrons. The lowest BCUT2D eigenvalue weighted by Gasteiger charge is -2.28. The van der Waals surface area contributed by atoms with Gasteiger partial charge in [-0.3, -0.25) is 0 Å². The highest BCUT2D eigenvalue weighted by Gasteiger charge is 2.21. The van der Waals surface area contributed by atoms with Crippen LogP contribution in [0.1, 0.15) is 39.0 Å². The smallest absolute Gasteiger partial charge is 0.00505 e. The van der Waals surface area contributed by atoms with Crippen molar-refractivity contribution in [2.24, 2.45) is 5.41 Å². The van der Waals surface area contributed by atoms with E-state index in [0.29, 0.717) is 11.5 Å². The minimum atomic E-state index is 0.395. The number of hydrogen-bond donors (Lipinski definition) is 1. The Hall–Kier alpha value is -0.340. The molecule has 0 fully saturated rings. The Balaban J connectivity index is 2.44. The van der Waals surface area contributed by atoms with E-state index in [4.69, 9.17) is 0 Å². The summed E-state index contributed by atoms with van der Waals surface area (Å²) in [4.78, 5) is 1.50. The van der Waals surface area contributed by atoms with Crippen LogP contribution in [-0.2, 0) is 6.42 Å². The lowest BCUT2D eigenvalue weighted by molar-refractivity contribution is 0.290. The van der Waals surface area contributed by atoms with Gasteiger partial charge in [0.2, 0.25) is 0 Å². The van der Waals surface area contributed by atoms with E-state index in [-0.39, 0.29) is 0 Å². The van der Waals surface area contributed by atoms with E-state index in [1.165, 1.54) is 17.7 Å². The van der Waals surface area contributed by atoms with Crippen molar-refractivity contribution in [3.8, 4) is 0 Å². The third-order valence-corrected chi connectivity index (χ3v) is 3.52. The van der Waals surface area contributed by atoms with Crippen LogP contribution in [0.15, 0.2) is 17.5 Å². The third kappa shape index (κ3) is 4.80. The van der Waals surface area contributed by atoms with Gasteiger partial charge in [0.1, 0.15) is 0 Å². The Morgan fingerprint density at radius 2 is 2.20 bits per heavy atom. The molecule has 0 aromatic carbocycles. The first-order chi connectivity index (χ1) is 7.03. The maximum absolute atomic E-state index is 3.48. The average Bonchev–Trinajstić information content (AvgIpc) is 2.54. The van der Waals surface area contributed by atoms with Gasteiger partial charge in [0.25, 0.3) is 0 Å². The van der Waals surface area contributed by atoms with Gasteiger partial charge in [-0.05, 0) is 43.2 Å². The lowest BCUT2D eigenvalue weighted by Crippen LogP contribution is -2.31. The average molecular weight is 225 g/mol. The molecule has 1 unspecified atom stereocenters. The molecule has 1 nitrogen and oxygen atoms in total. The lowest BCUT2D eigenvalue weighted by atomic mass is 9.82. The Kier molecular flexibility index (Phi) is 4.81. The van der Waals surface area contributed by atoms with Crippen LogP contribution < -0.4 is 5.32 Å². The van der Waals surface area contributed by atoms with Gasteiger partial charge in [0.15, 0.2) is 0 Å². The molecular weight excluding hydrogens is 202 g/mol. The monoisotopic (exact) mass is 225 g/mol. The van der Waals surface area contributed by atoms with E-state index < -0.39 is 0 Å². The second-order valence-corrected chi connectivity index (χ2v) is 6.12. The molecule has 0 aliphatic heterocycles. The molecule has 0 saturated carbocycles. The second-order valence-electron chi connectivity index (χ2n) is 5.08. The van der Waals surface area contributed by atoms with E-state index in [9.17, 15) is 0 Å². The Labute approximate surface area is 97.9 Å². The molecule has 1 heterocycles. The Morgan fingerprint density at radius 1 is 1.47 bits per heavy atom. The predicted octanol–water partition coefficient (Wildman–Crippen LogP) is 3.70. The molecule has 1 aromatic rings. The summed E-state index contributed by atoms with van der Waals surface area (Å²) in [6.45, 7) is 10.2. The highest BCUT2D eigenvalue weighted by molar-refractivity contribution is 7.09. The zero-order valence-corrected chi connectivity index (χ0v) is 11.2. The fraction of sp³-hybridized carbons (Fsp3) is 0.692. The highest BCUT2D eigenvalue weighted by Crippen LogP contribution is 2.29. The topological polar surface area (TPSA) is 12.0 Å².